The third kappa shape index (κ3) is 2.69. The largest absolute Gasteiger partial charge is 0.344 e. The quantitative estimate of drug-likeness (QED) is 0.833. The predicted octanol–water partition coefficient (Wildman–Crippen LogP) is 0.996. The summed E-state index contributed by atoms with van der Waals surface area (Å²) in [5, 5.41) is 7.11. The highest BCUT2D eigenvalue weighted by Crippen LogP contribution is 2.27. The van der Waals surface area contributed by atoms with Crippen molar-refractivity contribution >= 4 is 17.5 Å². The molecule has 20 heavy (non-hydrogen) atoms. The summed E-state index contributed by atoms with van der Waals surface area (Å²) < 4.78 is 1.68. The molecule has 6 heteroatoms. The van der Waals surface area contributed by atoms with Gasteiger partial charge in [-0.2, -0.15) is 5.10 Å². The summed E-state index contributed by atoms with van der Waals surface area (Å²) in [7, 11) is 1.82. The zero-order valence-corrected chi connectivity index (χ0v) is 12.7. The average Bonchev–Trinajstić information content (AvgIpc) is 2.55. The molecule has 1 aliphatic rings. The first-order valence-electron chi connectivity index (χ1n) is 6.81. The van der Waals surface area contributed by atoms with Crippen molar-refractivity contribution in [2.75, 3.05) is 11.4 Å². The number of hydrogen-bond donors (Lipinski definition) is 1. The number of rotatable bonds is 1. The van der Waals surface area contributed by atoms with Crippen LogP contribution in [0.4, 0.5) is 5.69 Å². The van der Waals surface area contributed by atoms with Gasteiger partial charge >= 0.3 is 0 Å². The smallest absolute Gasteiger partial charge is 0.250 e. The molecular formula is C14H22N4O2. The van der Waals surface area contributed by atoms with Crippen LogP contribution in [0.2, 0.25) is 0 Å². The summed E-state index contributed by atoms with van der Waals surface area (Å²) in [5.74, 6) is -0.151. The number of nitrogens with one attached hydrogen (secondary N) is 1. The van der Waals surface area contributed by atoms with E-state index in [-0.39, 0.29) is 17.2 Å². The lowest BCUT2D eigenvalue weighted by Gasteiger charge is -2.32. The second-order valence-electron chi connectivity index (χ2n) is 6.38. The van der Waals surface area contributed by atoms with E-state index in [0.717, 1.165) is 11.4 Å². The standard InChI is InChI=1S/C14H22N4O2/c1-9-10(8-17(5)16-9)18-7-6-11(19)15-12(13(18)20)14(2,3)4/h8,12H,6-7H2,1-5H3,(H,15,19). The Morgan fingerprint density at radius 1 is 1.35 bits per heavy atom. The second kappa shape index (κ2) is 4.92. The van der Waals surface area contributed by atoms with Crippen LogP contribution in [-0.4, -0.2) is 34.2 Å². The predicted molar refractivity (Wildman–Crippen MR) is 76.3 cm³/mol. The zero-order valence-electron chi connectivity index (χ0n) is 12.7. The molecule has 0 spiro atoms. The number of aromatic nitrogens is 2. The highest BCUT2D eigenvalue weighted by Gasteiger charge is 2.39. The number of hydrogen-bond acceptors (Lipinski definition) is 3. The van der Waals surface area contributed by atoms with E-state index in [0.29, 0.717) is 13.0 Å². The van der Waals surface area contributed by atoms with Gasteiger partial charge in [-0.25, -0.2) is 0 Å². The SMILES string of the molecule is Cc1nn(C)cc1N1CCC(=O)NC(C(C)(C)C)C1=O. The van der Waals surface area contributed by atoms with Crippen LogP contribution in [0, 0.1) is 12.3 Å². The number of amides is 2. The van der Waals surface area contributed by atoms with Crippen LogP contribution in [0.5, 0.6) is 0 Å². The summed E-state index contributed by atoms with van der Waals surface area (Å²) in [6.07, 6.45) is 2.13. The van der Waals surface area contributed by atoms with Crippen LogP contribution in [-0.2, 0) is 16.6 Å². The fraction of sp³-hybridized carbons (Fsp3) is 0.643. The number of aryl methyl sites for hydroxylation is 2. The van der Waals surface area contributed by atoms with Crippen LogP contribution >= 0.6 is 0 Å². The van der Waals surface area contributed by atoms with Crippen LogP contribution in [0.3, 0.4) is 0 Å². The van der Waals surface area contributed by atoms with Crippen molar-refractivity contribution in [1.82, 2.24) is 15.1 Å². The van der Waals surface area contributed by atoms with Gasteiger partial charge in [-0.1, -0.05) is 20.8 Å². The monoisotopic (exact) mass is 278 g/mol. The Morgan fingerprint density at radius 3 is 2.50 bits per heavy atom. The molecule has 1 fully saturated rings. The van der Waals surface area contributed by atoms with Crippen molar-refractivity contribution in [3.8, 4) is 0 Å². The Kier molecular flexibility index (Phi) is 3.58. The first-order valence-corrected chi connectivity index (χ1v) is 6.81. The molecule has 1 aromatic heterocycles. The van der Waals surface area contributed by atoms with E-state index in [1.165, 1.54) is 0 Å². The van der Waals surface area contributed by atoms with Crippen molar-refractivity contribution in [3.05, 3.63) is 11.9 Å². The first-order chi connectivity index (χ1) is 9.20. The minimum atomic E-state index is -0.517. The fourth-order valence-electron chi connectivity index (χ4n) is 2.45. The molecule has 6 nitrogen and oxygen atoms in total. The zero-order chi connectivity index (χ0) is 15.1. The molecule has 2 heterocycles. The van der Waals surface area contributed by atoms with Crippen LogP contribution in [0.25, 0.3) is 0 Å². The third-order valence-corrected chi connectivity index (χ3v) is 3.53. The lowest BCUT2D eigenvalue weighted by molar-refractivity contribution is -0.127. The molecule has 1 aromatic rings. The highest BCUT2D eigenvalue weighted by atomic mass is 16.2. The van der Waals surface area contributed by atoms with Crippen LogP contribution in [0.15, 0.2) is 6.20 Å². The van der Waals surface area contributed by atoms with Crippen molar-refractivity contribution < 1.29 is 9.59 Å². The highest BCUT2D eigenvalue weighted by molar-refractivity contribution is 6.02. The Hall–Kier alpha value is -1.85. The Bertz CT molecular complexity index is 542. The number of nitrogens with zero attached hydrogens (tertiary/aromatic N) is 3. The lowest BCUT2D eigenvalue weighted by atomic mass is 9.86. The number of carbonyl (C=O) groups is 2. The fourth-order valence-corrected chi connectivity index (χ4v) is 2.45. The van der Waals surface area contributed by atoms with Gasteiger partial charge < -0.3 is 10.2 Å². The van der Waals surface area contributed by atoms with Crippen molar-refractivity contribution in [1.29, 1.82) is 0 Å². The van der Waals surface area contributed by atoms with E-state index < -0.39 is 6.04 Å². The maximum Gasteiger partial charge on any atom is 0.250 e. The summed E-state index contributed by atoms with van der Waals surface area (Å²) >= 11 is 0. The van der Waals surface area contributed by atoms with Gasteiger partial charge in [0.2, 0.25) is 11.8 Å². The summed E-state index contributed by atoms with van der Waals surface area (Å²) in [6, 6.07) is -0.517. The number of anilines is 1. The molecule has 0 radical (unpaired) electrons. The van der Waals surface area contributed by atoms with Gasteiger partial charge in [-0.3, -0.25) is 14.3 Å². The Morgan fingerprint density at radius 2 is 2.00 bits per heavy atom. The molecular weight excluding hydrogens is 256 g/mol. The van der Waals surface area contributed by atoms with Gasteiger partial charge in [0.15, 0.2) is 0 Å². The van der Waals surface area contributed by atoms with Gasteiger partial charge in [-0.15, -0.1) is 0 Å². The molecule has 1 aliphatic heterocycles. The van der Waals surface area contributed by atoms with Crippen LogP contribution in [0.1, 0.15) is 32.9 Å². The van der Waals surface area contributed by atoms with Gasteiger partial charge in [0.05, 0.1) is 11.4 Å². The molecule has 0 aliphatic carbocycles. The normalized spacial score (nSPS) is 20.9. The van der Waals surface area contributed by atoms with E-state index in [1.54, 1.807) is 9.58 Å². The average molecular weight is 278 g/mol. The van der Waals surface area contributed by atoms with E-state index in [1.807, 2.05) is 40.9 Å². The van der Waals surface area contributed by atoms with Gasteiger partial charge in [-0.05, 0) is 12.3 Å². The molecule has 1 saturated heterocycles. The van der Waals surface area contributed by atoms with E-state index >= 15 is 0 Å². The molecule has 2 rings (SSSR count). The topological polar surface area (TPSA) is 67.2 Å². The number of carbonyl (C=O) groups excluding carboxylic acids is 2. The van der Waals surface area contributed by atoms with Crippen LogP contribution < -0.4 is 10.2 Å². The minimum absolute atomic E-state index is 0.0700. The molecule has 1 unspecified atom stereocenters. The Balaban J connectivity index is 2.40. The minimum Gasteiger partial charge on any atom is -0.344 e. The first kappa shape index (κ1) is 14.6. The van der Waals surface area contributed by atoms with E-state index in [2.05, 4.69) is 10.4 Å². The third-order valence-electron chi connectivity index (χ3n) is 3.53. The van der Waals surface area contributed by atoms with E-state index in [4.69, 9.17) is 0 Å². The second-order valence-corrected chi connectivity index (χ2v) is 6.38. The Labute approximate surface area is 119 Å². The molecule has 1 atom stereocenters. The van der Waals surface area contributed by atoms with E-state index in [9.17, 15) is 9.59 Å². The summed E-state index contributed by atoms with van der Waals surface area (Å²) in [4.78, 5) is 26.3. The van der Waals surface area contributed by atoms with Gasteiger partial charge in [0.1, 0.15) is 6.04 Å². The maximum absolute atomic E-state index is 12.8. The molecule has 1 N–H and O–H groups in total. The van der Waals surface area contributed by atoms with Gasteiger partial charge in [0.25, 0.3) is 0 Å². The molecule has 0 bridgehead atoms. The molecule has 110 valence electrons. The maximum atomic E-state index is 12.8. The lowest BCUT2D eigenvalue weighted by Crippen LogP contribution is -2.52. The van der Waals surface area contributed by atoms with Gasteiger partial charge in [0, 0.05) is 26.2 Å². The molecule has 0 saturated carbocycles. The van der Waals surface area contributed by atoms with Crippen molar-refractivity contribution in [3.63, 3.8) is 0 Å². The van der Waals surface area contributed by atoms with Crippen molar-refractivity contribution in [2.45, 2.75) is 40.2 Å². The molecule has 0 aromatic carbocycles. The summed E-state index contributed by atoms with van der Waals surface area (Å²) in [5.41, 5.74) is 1.25. The molecule has 2 amide bonds. The van der Waals surface area contributed by atoms with Crippen molar-refractivity contribution in [2.24, 2.45) is 12.5 Å². The summed E-state index contributed by atoms with van der Waals surface area (Å²) in [6.45, 7) is 8.12.